The fourth-order valence-corrected chi connectivity index (χ4v) is 3.60. The van der Waals surface area contributed by atoms with Crippen LogP contribution in [0.25, 0.3) is 0 Å². The molecule has 2 N–H and O–H groups in total. The van der Waals surface area contributed by atoms with E-state index in [9.17, 15) is 4.79 Å². The summed E-state index contributed by atoms with van der Waals surface area (Å²) in [4.78, 5) is 12.4. The van der Waals surface area contributed by atoms with Crippen LogP contribution >= 0.6 is 23.1 Å². The number of hydrogen-bond donors (Lipinski definition) is 2. The predicted molar refractivity (Wildman–Crippen MR) is 68.9 cm³/mol. The Balaban J connectivity index is 2.12. The molecule has 1 unspecified atom stereocenters. The van der Waals surface area contributed by atoms with Crippen molar-refractivity contribution in [2.75, 3.05) is 17.6 Å². The van der Waals surface area contributed by atoms with Crippen LogP contribution < -0.4 is 10.6 Å². The number of nitrogens with one attached hydrogen (secondary N) is 2. The van der Waals surface area contributed by atoms with Gasteiger partial charge in [-0.1, -0.05) is 5.92 Å². The van der Waals surface area contributed by atoms with Gasteiger partial charge in [0.05, 0.1) is 22.2 Å². The molecular formula is C11H12N2OS2. The summed E-state index contributed by atoms with van der Waals surface area (Å²) in [7, 11) is 0. The minimum atomic E-state index is 0.0751. The van der Waals surface area contributed by atoms with Gasteiger partial charge in [-0.05, 0) is 13.0 Å². The van der Waals surface area contributed by atoms with Gasteiger partial charge in [0.25, 0.3) is 0 Å². The van der Waals surface area contributed by atoms with Crippen LogP contribution in [0.2, 0.25) is 0 Å². The van der Waals surface area contributed by atoms with Crippen molar-refractivity contribution in [1.29, 1.82) is 0 Å². The predicted octanol–water partition coefficient (Wildman–Crippen LogP) is 2.08. The molecule has 5 heteroatoms. The molecule has 0 saturated carbocycles. The molecule has 1 aliphatic heterocycles. The molecule has 2 heterocycles. The molecule has 1 aliphatic rings. The lowest BCUT2D eigenvalue weighted by molar-refractivity contribution is -0.113. The van der Waals surface area contributed by atoms with Gasteiger partial charge in [-0.25, -0.2) is 0 Å². The highest BCUT2D eigenvalue weighted by molar-refractivity contribution is 8.02. The summed E-state index contributed by atoms with van der Waals surface area (Å²) in [5.74, 6) is 3.14. The van der Waals surface area contributed by atoms with Crippen molar-refractivity contribution in [1.82, 2.24) is 5.32 Å². The lowest BCUT2D eigenvalue weighted by Crippen LogP contribution is -2.18. The molecule has 0 fully saturated rings. The summed E-state index contributed by atoms with van der Waals surface area (Å²) < 4.78 is 1.18. The molecule has 16 heavy (non-hydrogen) atoms. The molecule has 84 valence electrons. The van der Waals surface area contributed by atoms with E-state index in [0.717, 1.165) is 5.69 Å². The second-order valence-corrected chi connectivity index (χ2v) is 5.82. The second-order valence-electron chi connectivity index (χ2n) is 3.49. The van der Waals surface area contributed by atoms with Crippen molar-refractivity contribution in [3.63, 3.8) is 0 Å². The van der Waals surface area contributed by atoms with Crippen LogP contribution in [0.15, 0.2) is 10.3 Å². The zero-order valence-corrected chi connectivity index (χ0v) is 10.5. The summed E-state index contributed by atoms with van der Waals surface area (Å²) in [5.41, 5.74) is 0.940. The Morgan fingerprint density at radius 3 is 3.31 bits per heavy atom. The fraction of sp³-hybridized carbons (Fsp3) is 0.364. The van der Waals surface area contributed by atoms with Crippen molar-refractivity contribution >= 4 is 34.7 Å². The molecule has 1 aromatic rings. The van der Waals surface area contributed by atoms with Gasteiger partial charge >= 0.3 is 0 Å². The first-order valence-electron chi connectivity index (χ1n) is 4.94. The van der Waals surface area contributed by atoms with E-state index in [-0.39, 0.29) is 11.9 Å². The van der Waals surface area contributed by atoms with Crippen LogP contribution in [-0.2, 0) is 4.79 Å². The maximum absolute atomic E-state index is 11.2. The summed E-state index contributed by atoms with van der Waals surface area (Å²) >= 11 is 3.31. The minimum absolute atomic E-state index is 0.0751. The lowest BCUT2D eigenvalue weighted by Gasteiger charge is -2.10. The maximum Gasteiger partial charge on any atom is 0.234 e. The van der Waals surface area contributed by atoms with Gasteiger partial charge in [0.15, 0.2) is 0 Å². The van der Waals surface area contributed by atoms with Crippen molar-refractivity contribution < 1.29 is 4.79 Å². The molecule has 0 aliphatic carbocycles. The molecule has 0 spiro atoms. The standard InChI is InChI=1S/C11H12N2OS2/c1-3-4-12-7(2)9-5-8-11(16-9)15-6-10(14)13-8/h1,5,7,12H,4,6H2,2H3,(H,13,14). The van der Waals surface area contributed by atoms with Crippen molar-refractivity contribution in [2.24, 2.45) is 0 Å². The highest BCUT2D eigenvalue weighted by atomic mass is 32.2. The van der Waals surface area contributed by atoms with E-state index in [0.29, 0.717) is 12.3 Å². The number of terminal acetylenes is 1. The molecule has 0 aromatic carbocycles. The largest absolute Gasteiger partial charge is 0.324 e. The average Bonchev–Trinajstić information content (AvgIpc) is 2.68. The van der Waals surface area contributed by atoms with Crippen molar-refractivity contribution in [3.05, 3.63) is 10.9 Å². The second kappa shape index (κ2) is 4.91. The first kappa shape index (κ1) is 11.5. The van der Waals surface area contributed by atoms with E-state index in [4.69, 9.17) is 6.42 Å². The average molecular weight is 252 g/mol. The van der Waals surface area contributed by atoms with Gasteiger partial charge < -0.3 is 5.32 Å². The summed E-state index contributed by atoms with van der Waals surface area (Å²) in [6.07, 6.45) is 5.20. The van der Waals surface area contributed by atoms with Crippen molar-refractivity contribution in [3.8, 4) is 12.3 Å². The Labute approximate surface area is 103 Å². The van der Waals surface area contributed by atoms with Crippen LogP contribution in [0.3, 0.4) is 0 Å². The molecule has 3 nitrogen and oxygen atoms in total. The normalized spacial score (nSPS) is 16.1. The highest BCUT2D eigenvalue weighted by Crippen LogP contribution is 2.40. The zero-order chi connectivity index (χ0) is 11.5. The Hall–Kier alpha value is -0.960. The monoisotopic (exact) mass is 252 g/mol. The number of amides is 1. The maximum atomic E-state index is 11.2. The number of thiophene rings is 1. The van der Waals surface area contributed by atoms with E-state index < -0.39 is 0 Å². The van der Waals surface area contributed by atoms with Crippen LogP contribution in [0.1, 0.15) is 17.8 Å². The van der Waals surface area contributed by atoms with E-state index in [2.05, 4.69) is 23.5 Å². The molecule has 0 saturated heterocycles. The van der Waals surface area contributed by atoms with Gasteiger partial charge in [0, 0.05) is 10.9 Å². The molecular weight excluding hydrogens is 240 g/mol. The smallest absolute Gasteiger partial charge is 0.234 e. The van der Waals surface area contributed by atoms with E-state index >= 15 is 0 Å². The van der Waals surface area contributed by atoms with Gasteiger partial charge in [-0.3, -0.25) is 10.1 Å². The number of thioether (sulfide) groups is 1. The molecule has 2 rings (SSSR count). The van der Waals surface area contributed by atoms with Gasteiger partial charge in [-0.15, -0.1) is 29.5 Å². The van der Waals surface area contributed by atoms with E-state index in [1.54, 1.807) is 23.1 Å². The topological polar surface area (TPSA) is 41.1 Å². The number of fused-ring (bicyclic) bond motifs is 1. The Kier molecular flexibility index (Phi) is 3.54. The van der Waals surface area contributed by atoms with Gasteiger partial charge in [0.1, 0.15) is 0 Å². The Bertz CT molecular complexity index is 447. The van der Waals surface area contributed by atoms with Crippen LogP contribution in [-0.4, -0.2) is 18.2 Å². The summed E-state index contributed by atoms with van der Waals surface area (Å²) in [6, 6.07) is 2.25. The van der Waals surface area contributed by atoms with Crippen molar-refractivity contribution in [2.45, 2.75) is 17.2 Å². The number of hydrogen-bond acceptors (Lipinski definition) is 4. The molecule has 0 radical (unpaired) electrons. The third-order valence-electron chi connectivity index (χ3n) is 2.26. The fourth-order valence-electron chi connectivity index (χ4n) is 1.43. The summed E-state index contributed by atoms with van der Waals surface area (Å²) in [5, 5.41) is 6.10. The van der Waals surface area contributed by atoms with E-state index in [1.165, 1.54) is 9.09 Å². The third-order valence-corrected chi connectivity index (χ3v) is 4.87. The van der Waals surface area contributed by atoms with E-state index in [1.807, 2.05) is 6.07 Å². The zero-order valence-electron chi connectivity index (χ0n) is 8.87. The highest BCUT2D eigenvalue weighted by Gasteiger charge is 2.20. The minimum Gasteiger partial charge on any atom is -0.324 e. The molecule has 1 amide bonds. The van der Waals surface area contributed by atoms with Crippen LogP contribution in [0, 0.1) is 12.3 Å². The molecule has 1 aromatic heterocycles. The number of carbonyl (C=O) groups excluding carboxylic acids is 1. The van der Waals surface area contributed by atoms with Gasteiger partial charge in [-0.2, -0.15) is 0 Å². The first-order chi connectivity index (χ1) is 7.70. The first-order valence-corrected chi connectivity index (χ1v) is 6.74. The number of rotatable bonds is 3. The summed E-state index contributed by atoms with van der Waals surface area (Å²) in [6.45, 7) is 2.63. The Morgan fingerprint density at radius 2 is 2.56 bits per heavy atom. The third kappa shape index (κ3) is 2.40. The molecule has 1 atom stereocenters. The van der Waals surface area contributed by atoms with Crippen LogP contribution in [0.5, 0.6) is 0 Å². The Morgan fingerprint density at radius 1 is 1.75 bits per heavy atom. The quantitative estimate of drug-likeness (QED) is 0.809. The number of carbonyl (C=O) groups is 1. The molecule has 0 bridgehead atoms. The lowest BCUT2D eigenvalue weighted by atomic mass is 10.2. The number of anilines is 1. The van der Waals surface area contributed by atoms with Crippen LogP contribution in [0.4, 0.5) is 5.69 Å². The SMILES string of the molecule is C#CCNC(C)c1cc2c(s1)SCC(=O)N2. The van der Waals surface area contributed by atoms with Gasteiger partial charge in [0.2, 0.25) is 5.91 Å².